The normalized spacial score (nSPS) is 15.0. The summed E-state index contributed by atoms with van der Waals surface area (Å²) in [4.78, 5) is 21.8. The highest BCUT2D eigenvalue weighted by atomic mass is 16.1. The number of hydrogen-bond acceptors (Lipinski definition) is 6. The minimum atomic E-state index is -0.366. The quantitative estimate of drug-likeness (QED) is 0.312. The summed E-state index contributed by atoms with van der Waals surface area (Å²) in [5.41, 5.74) is 8.79. The van der Waals surface area contributed by atoms with Gasteiger partial charge in [-0.2, -0.15) is 0 Å². The van der Waals surface area contributed by atoms with E-state index in [9.17, 15) is 4.79 Å². The van der Waals surface area contributed by atoms with Gasteiger partial charge in [-0.15, -0.1) is 5.10 Å². The molecule has 1 aliphatic rings. The predicted octanol–water partition coefficient (Wildman–Crippen LogP) is 4.90. The van der Waals surface area contributed by atoms with Crippen LogP contribution in [0.3, 0.4) is 0 Å². The fourth-order valence-corrected chi connectivity index (χ4v) is 6.04. The van der Waals surface area contributed by atoms with E-state index < -0.39 is 0 Å². The zero-order valence-electron chi connectivity index (χ0n) is 24.3. The molecular weight excluding hydrogens is 510 g/mol. The van der Waals surface area contributed by atoms with Crippen molar-refractivity contribution in [3.05, 3.63) is 116 Å². The predicted molar refractivity (Wildman–Crippen MR) is 164 cm³/mol. The third-order valence-electron chi connectivity index (χ3n) is 8.62. The summed E-state index contributed by atoms with van der Waals surface area (Å²) in [5, 5.41) is 14.1. The average Bonchev–Trinajstić information content (AvgIpc) is 3.45. The molecule has 1 atom stereocenters. The third-order valence-corrected chi connectivity index (χ3v) is 8.62. The summed E-state index contributed by atoms with van der Waals surface area (Å²) < 4.78 is 1.88. The standard InChI is InChI=1S/C33H37N7O/c1-22-9-8-12-29(25(22)4)38-17-19-39(20-18-38)31(28-21-27-23(2)13-14-24(3)30(27)34-33(28)41)32-35-36-37-40(32)16-15-26-10-6-5-7-11-26/h5-14,21,31H,15-20H2,1-4H3,(H,34,41)/t31-/m0/s1. The van der Waals surface area contributed by atoms with Gasteiger partial charge < -0.3 is 9.88 Å². The molecule has 41 heavy (non-hydrogen) atoms. The first-order valence-electron chi connectivity index (χ1n) is 14.4. The van der Waals surface area contributed by atoms with Crippen molar-refractivity contribution in [1.29, 1.82) is 0 Å². The molecule has 1 saturated heterocycles. The van der Waals surface area contributed by atoms with Gasteiger partial charge in [0.15, 0.2) is 5.82 Å². The number of aryl methyl sites for hydroxylation is 5. The van der Waals surface area contributed by atoms with E-state index in [-0.39, 0.29) is 11.6 Å². The Kier molecular flexibility index (Phi) is 7.41. The van der Waals surface area contributed by atoms with Crippen LogP contribution in [-0.2, 0) is 13.0 Å². The van der Waals surface area contributed by atoms with Gasteiger partial charge in [0.1, 0.15) is 6.04 Å². The molecule has 3 aromatic carbocycles. The smallest absolute Gasteiger partial charge is 0.253 e. The Bertz CT molecular complexity index is 1730. The van der Waals surface area contributed by atoms with Crippen molar-refractivity contribution in [1.82, 2.24) is 30.1 Å². The monoisotopic (exact) mass is 547 g/mol. The topological polar surface area (TPSA) is 82.9 Å². The van der Waals surface area contributed by atoms with Gasteiger partial charge >= 0.3 is 0 Å². The van der Waals surface area contributed by atoms with Gasteiger partial charge in [-0.25, -0.2) is 4.68 Å². The molecule has 6 rings (SSSR count). The van der Waals surface area contributed by atoms with Crippen molar-refractivity contribution in [3.8, 4) is 0 Å². The first-order chi connectivity index (χ1) is 19.9. The molecule has 0 spiro atoms. The van der Waals surface area contributed by atoms with E-state index in [4.69, 9.17) is 0 Å². The lowest BCUT2D eigenvalue weighted by atomic mass is 9.99. The van der Waals surface area contributed by atoms with E-state index in [1.54, 1.807) is 0 Å². The fourth-order valence-electron chi connectivity index (χ4n) is 6.04. The summed E-state index contributed by atoms with van der Waals surface area (Å²) in [6.07, 6.45) is 0.804. The number of piperazine rings is 1. The average molecular weight is 548 g/mol. The van der Waals surface area contributed by atoms with Crippen LogP contribution in [0, 0.1) is 27.7 Å². The van der Waals surface area contributed by atoms with Crippen LogP contribution >= 0.6 is 0 Å². The summed E-state index contributed by atoms with van der Waals surface area (Å²) >= 11 is 0. The first-order valence-corrected chi connectivity index (χ1v) is 14.4. The summed E-state index contributed by atoms with van der Waals surface area (Å²) in [7, 11) is 0. The Labute approximate surface area is 240 Å². The number of fused-ring (bicyclic) bond motifs is 1. The number of benzene rings is 3. The van der Waals surface area contributed by atoms with Gasteiger partial charge in [0.05, 0.1) is 5.52 Å². The number of rotatable bonds is 7. The van der Waals surface area contributed by atoms with E-state index >= 15 is 0 Å². The Morgan fingerprint density at radius 1 is 0.854 bits per heavy atom. The van der Waals surface area contributed by atoms with E-state index in [1.807, 2.05) is 29.8 Å². The molecule has 210 valence electrons. The Morgan fingerprint density at radius 3 is 2.39 bits per heavy atom. The number of nitrogens with zero attached hydrogens (tertiary/aromatic N) is 6. The SMILES string of the molecule is Cc1cccc(N2CCN([C@@H](c3cc4c(C)ccc(C)c4[nH]c3=O)c3nnnn3CCc3ccccc3)CC2)c1C. The van der Waals surface area contributed by atoms with Crippen LogP contribution in [-0.4, -0.2) is 56.3 Å². The van der Waals surface area contributed by atoms with Crippen LogP contribution < -0.4 is 10.5 Å². The maximum atomic E-state index is 13.8. The van der Waals surface area contributed by atoms with E-state index in [0.717, 1.165) is 54.6 Å². The van der Waals surface area contributed by atoms with Crippen LogP contribution in [0.1, 0.15) is 45.2 Å². The maximum absolute atomic E-state index is 13.8. The van der Waals surface area contributed by atoms with Gasteiger partial charge in [-0.1, -0.05) is 54.6 Å². The number of aromatic amines is 1. The zero-order valence-corrected chi connectivity index (χ0v) is 24.3. The highest BCUT2D eigenvalue weighted by Crippen LogP contribution is 2.31. The number of tetrazole rings is 1. The van der Waals surface area contributed by atoms with Gasteiger partial charge in [-0.3, -0.25) is 9.69 Å². The minimum Gasteiger partial charge on any atom is -0.369 e. The first kappa shape index (κ1) is 26.9. The molecule has 5 aromatic rings. The molecule has 0 aliphatic carbocycles. The van der Waals surface area contributed by atoms with Gasteiger partial charge in [0.2, 0.25) is 0 Å². The molecule has 1 N–H and O–H groups in total. The van der Waals surface area contributed by atoms with Crippen LogP contribution in [0.4, 0.5) is 5.69 Å². The van der Waals surface area contributed by atoms with Crippen LogP contribution in [0.2, 0.25) is 0 Å². The maximum Gasteiger partial charge on any atom is 0.253 e. The zero-order chi connectivity index (χ0) is 28.5. The van der Waals surface area contributed by atoms with E-state index in [0.29, 0.717) is 17.9 Å². The highest BCUT2D eigenvalue weighted by Gasteiger charge is 2.33. The summed E-state index contributed by atoms with van der Waals surface area (Å²) in [6.45, 7) is 12.4. The summed E-state index contributed by atoms with van der Waals surface area (Å²) in [6, 6.07) is 22.7. The number of pyridine rings is 1. The van der Waals surface area contributed by atoms with Crippen molar-refractivity contribution in [2.24, 2.45) is 0 Å². The van der Waals surface area contributed by atoms with Gasteiger partial charge in [0.25, 0.3) is 5.56 Å². The number of aromatic nitrogens is 5. The third kappa shape index (κ3) is 5.27. The fraction of sp³-hybridized carbons (Fsp3) is 0.333. The van der Waals surface area contributed by atoms with Gasteiger partial charge in [0, 0.05) is 49.4 Å². The molecule has 0 unspecified atom stereocenters. The van der Waals surface area contributed by atoms with E-state index in [2.05, 4.69) is 99.6 Å². The van der Waals surface area contributed by atoms with Crippen molar-refractivity contribution in [2.45, 2.75) is 46.7 Å². The molecule has 8 heteroatoms. The molecule has 2 aromatic heterocycles. The molecule has 0 bridgehead atoms. The second-order valence-electron chi connectivity index (χ2n) is 11.2. The number of hydrogen-bond donors (Lipinski definition) is 1. The Morgan fingerprint density at radius 2 is 1.61 bits per heavy atom. The largest absolute Gasteiger partial charge is 0.369 e. The minimum absolute atomic E-state index is 0.0919. The number of nitrogens with one attached hydrogen (secondary N) is 1. The molecule has 1 aliphatic heterocycles. The van der Waals surface area contributed by atoms with Crippen molar-refractivity contribution in [2.75, 3.05) is 31.1 Å². The second kappa shape index (κ2) is 11.3. The Balaban J connectivity index is 1.38. The molecule has 0 radical (unpaired) electrons. The van der Waals surface area contributed by atoms with Crippen molar-refractivity contribution in [3.63, 3.8) is 0 Å². The molecule has 0 amide bonds. The molecule has 3 heterocycles. The molecular formula is C33H37N7O. The van der Waals surface area contributed by atoms with Crippen LogP contribution in [0.15, 0.2) is 71.5 Å². The highest BCUT2D eigenvalue weighted by molar-refractivity contribution is 5.85. The molecule has 0 saturated carbocycles. The van der Waals surface area contributed by atoms with Crippen LogP contribution in [0.5, 0.6) is 0 Å². The Hall–Kier alpha value is -4.30. The number of anilines is 1. The van der Waals surface area contributed by atoms with Crippen molar-refractivity contribution >= 4 is 16.6 Å². The molecule has 1 fully saturated rings. The lowest BCUT2D eigenvalue weighted by Crippen LogP contribution is -2.49. The van der Waals surface area contributed by atoms with E-state index in [1.165, 1.54) is 22.4 Å². The number of H-pyrrole nitrogens is 1. The molecule has 8 nitrogen and oxygen atoms in total. The lowest BCUT2D eigenvalue weighted by Gasteiger charge is -2.40. The van der Waals surface area contributed by atoms with Crippen LogP contribution in [0.25, 0.3) is 10.9 Å². The second-order valence-corrected chi connectivity index (χ2v) is 11.2. The van der Waals surface area contributed by atoms with Crippen molar-refractivity contribution < 1.29 is 0 Å². The summed E-state index contributed by atoms with van der Waals surface area (Å²) in [5.74, 6) is 0.705. The van der Waals surface area contributed by atoms with Gasteiger partial charge in [-0.05, 0) is 84.5 Å². The lowest BCUT2D eigenvalue weighted by molar-refractivity contribution is 0.199.